The Morgan fingerprint density at radius 1 is 1.11 bits per heavy atom. The van der Waals surface area contributed by atoms with Crippen molar-refractivity contribution in [2.45, 2.75) is 25.7 Å². The van der Waals surface area contributed by atoms with Crippen LogP contribution in [0.3, 0.4) is 0 Å². The highest BCUT2D eigenvalue weighted by molar-refractivity contribution is 5.61. The summed E-state index contributed by atoms with van der Waals surface area (Å²) in [5, 5.41) is 8.83. The van der Waals surface area contributed by atoms with E-state index < -0.39 is 0 Å². The van der Waals surface area contributed by atoms with Crippen molar-refractivity contribution in [2.75, 3.05) is 0 Å². The molecule has 0 aliphatic heterocycles. The molecule has 0 bridgehead atoms. The SMILES string of the molecule is CCC(CC#N)c1cncc(-c2cncnc2)c1. The Balaban J connectivity index is 2.33. The van der Waals surface area contributed by atoms with Gasteiger partial charge in [0.25, 0.3) is 0 Å². The highest BCUT2D eigenvalue weighted by atomic mass is 14.8. The van der Waals surface area contributed by atoms with Crippen LogP contribution in [0.4, 0.5) is 0 Å². The third kappa shape index (κ3) is 2.69. The fourth-order valence-corrected chi connectivity index (χ4v) is 1.90. The molecule has 0 aliphatic rings. The molecule has 2 heterocycles. The zero-order valence-corrected chi connectivity index (χ0v) is 10.2. The van der Waals surface area contributed by atoms with E-state index in [0.29, 0.717) is 6.42 Å². The highest BCUT2D eigenvalue weighted by Gasteiger charge is 2.10. The number of aromatic nitrogens is 3. The van der Waals surface area contributed by atoms with Gasteiger partial charge >= 0.3 is 0 Å². The van der Waals surface area contributed by atoms with E-state index in [1.165, 1.54) is 6.33 Å². The summed E-state index contributed by atoms with van der Waals surface area (Å²) in [6.07, 6.45) is 10.1. The lowest BCUT2D eigenvalue weighted by Crippen LogP contribution is -1.97. The van der Waals surface area contributed by atoms with E-state index in [-0.39, 0.29) is 5.92 Å². The summed E-state index contributed by atoms with van der Waals surface area (Å²) in [4.78, 5) is 12.2. The first-order chi connectivity index (χ1) is 8.85. The van der Waals surface area contributed by atoms with Crippen molar-refractivity contribution in [3.8, 4) is 17.2 Å². The monoisotopic (exact) mass is 238 g/mol. The minimum Gasteiger partial charge on any atom is -0.264 e. The minimum atomic E-state index is 0.243. The summed E-state index contributed by atoms with van der Waals surface area (Å²) in [6, 6.07) is 4.29. The molecule has 2 rings (SSSR count). The Labute approximate surface area is 106 Å². The maximum atomic E-state index is 8.83. The molecule has 0 fully saturated rings. The summed E-state index contributed by atoms with van der Waals surface area (Å²) in [7, 11) is 0. The first-order valence-corrected chi connectivity index (χ1v) is 5.92. The van der Waals surface area contributed by atoms with E-state index in [1.54, 1.807) is 18.6 Å². The van der Waals surface area contributed by atoms with Gasteiger partial charge in [0.1, 0.15) is 6.33 Å². The van der Waals surface area contributed by atoms with Crippen LogP contribution in [0.1, 0.15) is 31.2 Å². The van der Waals surface area contributed by atoms with Gasteiger partial charge in [-0.2, -0.15) is 5.26 Å². The van der Waals surface area contributed by atoms with E-state index in [2.05, 4.69) is 34.0 Å². The molecule has 0 saturated carbocycles. The summed E-state index contributed by atoms with van der Waals surface area (Å²) in [5.74, 6) is 0.243. The van der Waals surface area contributed by atoms with E-state index in [0.717, 1.165) is 23.1 Å². The molecule has 18 heavy (non-hydrogen) atoms. The summed E-state index contributed by atoms with van der Waals surface area (Å²) >= 11 is 0. The van der Waals surface area contributed by atoms with Gasteiger partial charge in [0.05, 0.1) is 6.07 Å². The second-order valence-corrected chi connectivity index (χ2v) is 4.10. The van der Waals surface area contributed by atoms with Crippen molar-refractivity contribution in [3.05, 3.63) is 42.7 Å². The standard InChI is InChI=1S/C14H14N4/c1-2-11(3-4-15)12-5-13(7-16-6-12)14-8-17-10-18-9-14/h5-11H,2-3H2,1H3. The molecule has 1 unspecified atom stereocenters. The van der Waals surface area contributed by atoms with Crippen LogP contribution in [0.5, 0.6) is 0 Å². The van der Waals surface area contributed by atoms with Crippen LogP contribution in [0, 0.1) is 11.3 Å². The van der Waals surface area contributed by atoms with Gasteiger partial charge in [-0.15, -0.1) is 0 Å². The van der Waals surface area contributed by atoms with E-state index >= 15 is 0 Å². The van der Waals surface area contributed by atoms with Gasteiger partial charge in [0.15, 0.2) is 0 Å². The molecule has 0 radical (unpaired) electrons. The van der Waals surface area contributed by atoms with Gasteiger partial charge in [0, 0.05) is 42.3 Å². The van der Waals surface area contributed by atoms with E-state index in [4.69, 9.17) is 5.26 Å². The molecule has 0 N–H and O–H groups in total. The number of nitriles is 1. The number of hydrogen-bond acceptors (Lipinski definition) is 4. The predicted octanol–water partition coefficient (Wildman–Crippen LogP) is 2.95. The molecule has 90 valence electrons. The topological polar surface area (TPSA) is 62.5 Å². The summed E-state index contributed by atoms with van der Waals surface area (Å²) in [5.41, 5.74) is 3.03. The Hall–Kier alpha value is -2.28. The molecule has 0 aromatic carbocycles. The number of hydrogen-bond donors (Lipinski definition) is 0. The van der Waals surface area contributed by atoms with Crippen molar-refractivity contribution in [3.63, 3.8) is 0 Å². The van der Waals surface area contributed by atoms with Gasteiger partial charge in [-0.1, -0.05) is 6.92 Å². The van der Waals surface area contributed by atoms with Crippen molar-refractivity contribution in [1.29, 1.82) is 5.26 Å². The molecular weight excluding hydrogens is 224 g/mol. The summed E-state index contributed by atoms with van der Waals surface area (Å²) < 4.78 is 0. The fourth-order valence-electron chi connectivity index (χ4n) is 1.90. The lowest BCUT2D eigenvalue weighted by Gasteiger charge is -2.12. The maximum Gasteiger partial charge on any atom is 0.115 e. The van der Waals surface area contributed by atoms with Gasteiger partial charge < -0.3 is 0 Å². The third-order valence-electron chi connectivity index (χ3n) is 2.96. The van der Waals surface area contributed by atoms with Gasteiger partial charge in [-0.3, -0.25) is 4.98 Å². The third-order valence-corrected chi connectivity index (χ3v) is 2.96. The Morgan fingerprint density at radius 3 is 2.50 bits per heavy atom. The molecule has 2 aromatic heterocycles. The van der Waals surface area contributed by atoms with Crippen LogP contribution < -0.4 is 0 Å². The molecule has 4 nitrogen and oxygen atoms in total. The van der Waals surface area contributed by atoms with Gasteiger partial charge in [-0.25, -0.2) is 9.97 Å². The largest absolute Gasteiger partial charge is 0.264 e. The lowest BCUT2D eigenvalue weighted by molar-refractivity contribution is 0.678. The highest BCUT2D eigenvalue weighted by Crippen LogP contribution is 2.26. The zero-order valence-electron chi connectivity index (χ0n) is 10.2. The molecule has 0 aliphatic carbocycles. The summed E-state index contributed by atoms with van der Waals surface area (Å²) in [6.45, 7) is 2.08. The molecule has 4 heteroatoms. The Kier molecular flexibility index (Phi) is 3.98. The van der Waals surface area contributed by atoms with E-state index in [9.17, 15) is 0 Å². The smallest absolute Gasteiger partial charge is 0.115 e. The molecule has 1 atom stereocenters. The number of pyridine rings is 1. The molecule has 0 amide bonds. The minimum absolute atomic E-state index is 0.243. The van der Waals surface area contributed by atoms with Gasteiger partial charge in [-0.05, 0) is 24.0 Å². The molecule has 0 spiro atoms. The fraction of sp³-hybridized carbons (Fsp3) is 0.286. The average molecular weight is 238 g/mol. The number of nitrogens with zero attached hydrogens (tertiary/aromatic N) is 4. The van der Waals surface area contributed by atoms with Crippen LogP contribution >= 0.6 is 0 Å². The predicted molar refractivity (Wildman–Crippen MR) is 68.5 cm³/mol. The Morgan fingerprint density at radius 2 is 1.83 bits per heavy atom. The van der Waals surface area contributed by atoms with Gasteiger partial charge in [0.2, 0.25) is 0 Å². The van der Waals surface area contributed by atoms with Crippen LogP contribution in [0.15, 0.2) is 37.2 Å². The normalized spacial score (nSPS) is 11.8. The van der Waals surface area contributed by atoms with Crippen molar-refractivity contribution >= 4 is 0 Å². The lowest BCUT2D eigenvalue weighted by atomic mass is 9.93. The number of rotatable bonds is 4. The average Bonchev–Trinajstić information content (AvgIpc) is 2.46. The molecule has 2 aromatic rings. The second kappa shape index (κ2) is 5.87. The molecule has 0 saturated heterocycles. The first-order valence-electron chi connectivity index (χ1n) is 5.92. The Bertz CT molecular complexity index is 545. The van der Waals surface area contributed by atoms with Crippen LogP contribution in [-0.2, 0) is 0 Å². The van der Waals surface area contributed by atoms with Crippen LogP contribution in [0.25, 0.3) is 11.1 Å². The quantitative estimate of drug-likeness (QED) is 0.821. The van der Waals surface area contributed by atoms with E-state index in [1.807, 2.05) is 6.20 Å². The van der Waals surface area contributed by atoms with Crippen molar-refractivity contribution in [2.24, 2.45) is 0 Å². The first kappa shape index (κ1) is 12.2. The molecular formula is C14H14N4. The van der Waals surface area contributed by atoms with Crippen LogP contribution in [0.2, 0.25) is 0 Å². The van der Waals surface area contributed by atoms with Crippen molar-refractivity contribution < 1.29 is 0 Å². The maximum absolute atomic E-state index is 8.83. The van der Waals surface area contributed by atoms with Crippen molar-refractivity contribution in [1.82, 2.24) is 15.0 Å². The second-order valence-electron chi connectivity index (χ2n) is 4.10. The van der Waals surface area contributed by atoms with Crippen LogP contribution in [-0.4, -0.2) is 15.0 Å². The zero-order chi connectivity index (χ0) is 12.8.